The number of halogens is 1. The van der Waals surface area contributed by atoms with Gasteiger partial charge in [0.25, 0.3) is 0 Å². The summed E-state index contributed by atoms with van der Waals surface area (Å²) >= 11 is 7.37. The summed E-state index contributed by atoms with van der Waals surface area (Å²) in [5.41, 5.74) is 1.04. The third kappa shape index (κ3) is 4.92. The SMILES string of the molecule is N#CC1(NC(=O)CSc2nnc(-c3ccccc3)n2-c2ccc(Cl)cc2)CCCCC1. The van der Waals surface area contributed by atoms with Gasteiger partial charge in [-0.3, -0.25) is 9.36 Å². The van der Waals surface area contributed by atoms with Crippen LogP contribution in [-0.4, -0.2) is 32.0 Å². The third-order valence-corrected chi connectivity index (χ3v) is 6.56. The normalized spacial score (nSPS) is 15.2. The standard InChI is InChI=1S/C23H22ClN5OS/c24-18-9-11-19(12-10-18)29-21(17-7-3-1-4-8-17)27-28-22(29)31-15-20(30)26-23(16-25)13-5-2-6-14-23/h1,3-4,7-12H,2,5-6,13-15H2,(H,26,30). The van der Waals surface area contributed by atoms with Crippen LogP contribution >= 0.6 is 23.4 Å². The molecule has 0 radical (unpaired) electrons. The molecule has 2 aromatic carbocycles. The average Bonchev–Trinajstić information content (AvgIpc) is 3.23. The van der Waals surface area contributed by atoms with E-state index in [9.17, 15) is 10.1 Å². The van der Waals surface area contributed by atoms with Crippen LogP contribution in [0.4, 0.5) is 0 Å². The Kier molecular flexibility index (Phi) is 6.59. The van der Waals surface area contributed by atoms with Crippen molar-refractivity contribution in [2.24, 2.45) is 0 Å². The van der Waals surface area contributed by atoms with Gasteiger partial charge in [-0.1, -0.05) is 73.0 Å². The maximum atomic E-state index is 12.7. The number of hydrogen-bond acceptors (Lipinski definition) is 5. The zero-order valence-electron chi connectivity index (χ0n) is 16.9. The van der Waals surface area contributed by atoms with E-state index in [1.165, 1.54) is 11.8 Å². The first kappa shape index (κ1) is 21.4. The molecule has 0 aliphatic heterocycles. The predicted molar refractivity (Wildman–Crippen MR) is 122 cm³/mol. The molecule has 3 aromatic rings. The maximum absolute atomic E-state index is 12.7. The van der Waals surface area contributed by atoms with Gasteiger partial charge in [0.1, 0.15) is 5.54 Å². The molecule has 1 heterocycles. The predicted octanol–water partition coefficient (Wildman–Crippen LogP) is 5.02. The molecule has 0 bridgehead atoms. The Hall–Kier alpha value is -2.82. The molecule has 0 saturated heterocycles. The highest BCUT2D eigenvalue weighted by Gasteiger charge is 2.33. The van der Waals surface area contributed by atoms with Crippen molar-refractivity contribution < 1.29 is 4.79 Å². The summed E-state index contributed by atoms with van der Waals surface area (Å²) in [5, 5.41) is 22.5. The Morgan fingerprint density at radius 1 is 1.10 bits per heavy atom. The van der Waals surface area contributed by atoms with Gasteiger partial charge in [0.05, 0.1) is 11.8 Å². The second-order valence-electron chi connectivity index (χ2n) is 7.58. The number of nitrogens with zero attached hydrogens (tertiary/aromatic N) is 4. The minimum atomic E-state index is -0.741. The molecular formula is C23H22ClN5OS. The number of thioether (sulfide) groups is 1. The number of benzene rings is 2. The number of nitrogens with one attached hydrogen (secondary N) is 1. The first-order valence-electron chi connectivity index (χ1n) is 10.2. The van der Waals surface area contributed by atoms with Crippen LogP contribution < -0.4 is 5.32 Å². The summed E-state index contributed by atoms with van der Waals surface area (Å²) in [6, 6.07) is 19.5. The van der Waals surface area contributed by atoms with E-state index in [4.69, 9.17) is 11.6 Å². The van der Waals surface area contributed by atoms with Gasteiger partial charge in [-0.25, -0.2) is 0 Å². The van der Waals surface area contributed by atoms with Gasteiger partial charge in [-0.05, 0) is 37.1 Å². The molecule has 1 amide bonds. The lowest BCUT2D eigenvalue weighted by Crippen LogP contribution is -2.49. The fourth-order valence-electron chi connectivity index (χ4n) is 3.81. The summed E-state index contributed by atoms with van der Waals surface area (Å²) in [5.74, 6) is 0.677. The fourth-order valence-corrected chi connectivity index (χ4v) is 4.69. The number of carbonyl (C=O) groups is 1. The Labute approximate surface area is 190 Å². The van der Waals surface area contributed by atoms with E-state index in [1.807, 2.05) is 59.2 Å². The quantitative estimate of drug-likeness (QED) is 0.532. The van der Waals surface area contributed by atoms with E-state index in [1.54, 1.807) is 0 Å². The molecule has 1 saturated carbocycles. The molecule has 1 aliphatic rings. The summed E-state index contributed by atoms with van der Waals surface area (Å²) in [6.07, 6.45) is 4.46. The highest BCUT2D eigenvalue weighted by Crippen LogP contribution is 2.30. The molecule has 6 nitrogen and oxygen atoms in total. The molecular weight excluding hydrogens is 430 g/mol. The number of rotatable bonds is 6. The monoisotopic (exact) mass is 451 g/mol. The Morgan fingerprint density at radius 3 is 2.48 bits per heavy atom. The molecule has 1 N–H and O–H groups in total. The van der Waals surface area contributed by atoms with Crippen LogP contribution in [0.1, 0.15) is 32.1 Å². The van der Waals surface area contributed by atoms with Crippen LogP contribution in [-0.2, 0) is 4.79 Å². The molecule has 0 spiro atoms. The number of nitriles is 1. The van der Waals surface area contributed by atoms with Gasteiger partial charge in [-0.2, -0.15) is 5.26 Å². The summed E-state index contributed by atoms with van der Waals surface area (Å²) in [4.78, 5) is 12.7. The van der Waals surface area contributed by atoms with E-state index in [2.05, 4.69) is 21.6 Å². The lowest BCUT2D eigenvalue weighted by Gasteiger charge is -2.31. The van der Waals surface area contributed by atoms with Crippen molar-refractivity contribution >= 4 is 29.3 Å². The second kappa shape index (κ2) is 9.54. The molecule has 158 valence electrons. The molecule has 1 fully saturated rings. The minimum Gasteiger partial charge on any atom is -0.337 e. The zero-order chi connectivity index (χ0) is 21.7. The van der Waals surface area contributed by atoms with Crippen molar-refractivity contribution in [2.75, 3.05) is 5.75 Å². The minimum absolute atomic E-state index is 0.157. The van der Waals surface area contributed by atoms with Gasteiger partial charge in [0, 0.05) is 16.3 Å². The van der Waals surface area contributed by atoms with Crippen LogP contribution in [0.15, 0.2) is 59.8 Å². The fraction of sp³-hybridized carbons (Fsp3) is 0.304. The Morgan fingerprint density at radius 2 is 1.81 bits per heavy atom. The molecule has 0 atom stereocenters. The lowest BCUT2D eigenvalue weighted by molar-refractivity contribution is -0.120. The van der Waals surface area contributed by atoms with E-state index in [-0.39, 0.29) is 11.7 Å². The van der Waals surface area contributed by atoms with Crippen LogP contribution in [0.25, 0.3) is 17.1 Å². The molecule has 4 rings (SSSR count). The van der Waals surface area contributed by atoms with Crippen molar-refractivity contribution in [3.8, 4) is 23.1 Å². The van der Waals surface area contributed by atoms with Crippen LogP contribution in [0.3, 0.4) is 0 Å². The van der Waals surface area contributed by atoms with Gasteiger partial charge in [0.15, 0.2) is 11.0 Å². The van der Waals surface area contributed by atoms with E-state index < -0.39 is 5.54 Å². The molecule has 1 aliphatic carbocycles. The summed E-state index contributed by atoms with van der Waals surface area (Å²) in [6.45, 7) is 0. The third-order valence-electron chi connectivity index (χ3n) is 5.38. The first-order valence-corrected chi connectivity index (χ1v) is 11.6. The Bertz CT molecular complexity index is 1090. The number of aromatic nitrogens is 3. The molecule has 8 heteroatoms. The van der Waals surface area contributed by atoms with Crippen LogP contribution in [0.2, 0.25) is 5.02 Å². The smallest absolute Gasteiger partial charge is 0.231 e. The van der Waals surface area contributed by atoms with Gasteiger partial charge >= 0.3 is 0 Å². The summed E-state index contributed by atoms with van der Waals surface area (Å²) in [7, 11) is 0. The van der Waals surface area contributed by atoms with Crippen molar-refractivity contribution in [3.63, 3.8) is 0 Å². The largest absolute Gasteiger partial charge is 0.337 e. The highest BCUT2D eigenvalue weighted by atomic mass is 35.5. The van der Waals surface area contributed by atoms with Gasteiger partial charge in [-0.15, -0.1) is 10.2 Å². The van der Waals surface area contributed by atoms with E-state index in [0.29, 0.717) is 28.8 Å². The molecule has 0 unspecified atom stereocenters. The lowest BCUT2D eigenvalue weighted by atomic mass is 9.83. The van der Waals surface area contributed by atoms with Crippen LogP contribution in [0, 0.1) is 11.3 Å². The van der Waals surface area contributed by atoms with Crippen molar-refractivity contribution in [3.05, 3.63) is 59.6 Å². The van der Waals surface area contributed by atoms with Gasteiger partial charge in [0.2, 0.25) is 5.91 Å². The number of carbonyl (C=O) groups excluding carboxylic acids is 1. The summed E-state index contributed by atoms with van der Waals surface area (Å²) < 4.78 is 1.92. The topological polar surface area (TPSA) is 83.6 Å². The average molecular weight is 452 g/mol. The zero-order valence-corrected chi connectivity index (χ0v) is 18.5. The van der Waals surface area contributed by atoms with Crippen molar-refractivity contribution in [1.82, 2.24) is 20.1 Å². The van der Waals surface area contributed by atoms with E-state index in [0.717, 1.165) is 30.5 Å². The number of amides is 1. The number of hydrogen-bond donors (Lipinski definition) is 1. The first-order chi connectivity index (χ1) is 15.1. The maximum Gasteiger partial charge on any atom is 0.231 e. The molecule has 31 heavy (non-hydrogen) atoms. The Balaban J connectivity index is 1.57. The molecule has 1 aromatic heterocycles. The van der Waals surface area contributed by atoms with Gasteiger partial charge < -0.3 is 5.32 Å². The van der Waals surface area contributed by atoms with Crippen molar-refractivity contribution in [1.29, 1.82) is 5.26 Å². The second-order valence-corrected chi connectivity index (χ2v) is 8.95. The highest BCUT2D eigenvalue weighted by molar-refractivity contribution is 7.99. The van der Waals surface area contributed by atoms with E-state index >= 15 is 0 Å². The van der Waals surface area contributed by atoms with Crippen molar-refractivity contribution in [2.45, 2.75) is 42.8 Å². The van der Waals surface area contributed by atoms with Crippen LogP contribution in [0.5, 0.6) is 0 Å².